The minimum Gasteiger partial charge on any atom is -0.294 e. The molecule has 0 aromatic carbocycles. The Hall–Kier alpha value is 0.1000. The molecule has 70 valence electrons. The lowest BCUT2D eigenvalue weighted by Crippen LogP contribution is -2.04. The highest BCUT2D eigenvalue weighted by Crippen LogP contribution is 2.35. The van der Waals surface area contributed by atoms with Crippen molar-refractivity contribution in [2.24, 2.45) is 0 Å². The van der Waals surface area contributed by atoms with Gasteiger partial charge < -0.3 is 0 Å². The van der Waals surface area contributed by atoms with Gasteiger partial charge in [-0.3, -0.25) is 4.79 Å². The highest BCUT2D eigenvalue weighted by Gasteiger charge is 2.21. The molecule has 0 saturated carbocycles. The zero-order valence-corrected chi connectivity index (χ0v) is 10.5. The summed E-state index contributed by atoms with van der Waals surface area (Å²) in [5, 5.41) is 0. The van der Waals surface area contributed by atoms with Gasteiger partial charge in [-0.15, -0.1) is 11.3 Å². The third kappa shape index (κ3) is 1.68. The molecule has 0 radical (unpaired) electrons. The topological polar surface area (TPSA) is 17.1 Å². The largest absolute Gasteiger partial charge is 0.294 e. The van der Waals surface area contributed by atoms with Crippen LogP contribution in [0, 0.1) is 2.88 Å². The van der Waals surface area contributed by atoms with Crippen molar-refractivity contribution >= 4 is 39.7 Å². The Morgan fingerprint density at radius 1 is 1.38 bits per heavy atom. The van der Waals surface area contributed by atoms with Crippen LogP contribution >= 0.6 is 33.9 Å². The first-order valence-electron chi connectivity index (χ1n) is 4.51. The fourth-order valence-corrected chi connectivity index (χ4v) is 4.55. The summed E-state index contributed by atoms with van der Waals surface area (Å²) in [5.41, 5.74) is 2.37. The van der Waals surface area contributed by atoms with Crippen molar-refractivity contribution in [1.82, 2.24) is 0 Å². The maximum Gasteiger partial charge on any atom is 0.162 e. The molecular weight excluding hydrogens is 295 g/mol. The van der Waals surface area contributed by atoms with Crippen LogP contribution in [0.15, 0.2) is 0 Å². The second kappa shape index (κ2) is 3.69. The van der Waals surface area contributed by atoms with Crippen LogP contribution in [0.2, 0.25) is 0 Å². The van der Waals surface area contributed by atoms with E-state index in [1.54, 1.807) is 6.92 Å². The third-order valence-electron chi connectivity index (χ3n) is 2.48. The van der Waals surface area contributed by atoms with Gasteiger partial charge in [0.05, 0.1) is 2.88 Å². The molecule has 1 aliphatic rings. The van der Waals surface area contributed by atoms with E-state index in [0.29, 0.717) is 0 Å². The number of rotatable bonds is 1. The van der Waals surface area contributed by atoms with Crippen LogP contribution in [0.25, 0.3) is 0 Å². The predicted octanol–water partition coefficient (Wildman–Crippen LogP) is 3.43. The normalized spacial score (nSPS) is 15.5. The molecule has 0 fully saturated rings. The number of hydrogen-bond donors (Lipinski definition) is 0. The standard InChI is InChI=1S/C10H11IOS/c1-6(12)9-7-4-2-3-5-8(7)13-10(9)11/h2-5H2,1H3. The van der Waals surface area contributed by atoms with Crippen LogP contribution in [0.1, 0.15) is 40.6 Å². The van der Waals surface area contributed by atoms with Gasteiger partial charge in [-0.25, -0.2) is 0 Å². The molecule has 0 amide bonds. The molecule has 1 aliphatic carbocycles. The lowest BCUT2D eigenvalue weighted by molar-refractivity contribution is 0.101. The van der Waals surface area contributed by atoms with Crippen molar-refractivity contribution < 1.29 is 4.79 Å². The van der Waals surface area contributed by atoms with E-state index in [1.165, 1.54) is 32.6 Å². The van der Waals surface area contributed by atoms with E-state index < -0.39 is 0 Å². The summed E-state index contributed by atoms with van der Waals surface area (Å²) < 4.78 is 1.19. The molecule has 0 aliphatic heterocycles. The summed E-state index contributed by atoms with van der Waals surface area (Å²) in [5.74, 6) is 0.240. The molecule has 0 unspecified atom stereocenters. The Balaban J connectivity index is 2.54. The SMILES string of the molecule is CC(=O)c1c(I)sc2c1CCCC2. The van der Waals surface area contributed by atoms with E-state index in [1.807, 2.05) is 11.3 Å². The van der Waals surface area contributed by atoms with Crippen LogP contribution in [0.3, 0.4) is 0 Å². The molecular formula is C10H11IOS. The zero-order chi connectivity index (χ0) is 9.42. The molecule has 1 aromatic heterocycles. The van der Waals surface area contributed by atoms with Gasteiger partial charge in [-0.05, 0) is 60.8 Å². The number of Topliss-reactive ketones (excluding diaryl/α,β-unsaturated/α-hetero) is 1. The first-order chi connectivity index (χ1) is 6.20. The smallest absolute Gasteiger partial charge is 0.162 e. The summed E-state index contributed by atoms with van der Waals surface area (Å²) in [6.45, 7) is 1.68. The molecule has 1 heterocycles. The highest BCUT2D eigenvalue weighted by molar-refractivity contribution is 14.1. The number of aryl methyl sites for hydroxylation is 1. The maximum absolute atomic E-state index is 11.4. The summed E-state index contributed by atoms with van der Waals surface area (Å²) in [6.07, 6.45) is 4.84. The Labute approximate surface area is 95.7 Å². The van der Waals surface area contributed by atoms with Crippen LogP contribution < -0.4 is 0 Å². The number of carbonyl (C=O) groups is 1. The second-order valence-corrected chi connectivity index (χ2v) is 6.33. The highest BCUT2D eigenvalue weighted by atomic mass is 127. The molecule has 1 nitrogen and oxygen atoms in total. The lowest BCUT2D eigenvalue weighted by Gasteiger charge is -2.11. The van der Waals surface area contributed by atoms with E-state index >= 15 is 0 Å². The van der Waals surface area contributed by atoms with Gasteiger partial charge in [0, 0.05) is 10.4 Å². The van der Waals surface area contributed by atoms with Gasteiger partial charge >= 0.3 is 0 Å². The zero-order valence-electron chi connectivity index (χ0n) is 7.52. The summed E-state index contributed by atoms with van der Waals surface area (Å²) >= 11 is 4.11. The quantitative estimate of drug-likeness (QED) is 0.574. The number of ketones is 1. The minimum atomic E-state index is 0.240. The third-order valence-corrected chi connectivity index (χ3v) is 4.76. The molecule has 3 heteroatoms. The van der Waals surface area contributed by atoms with Crippen molar-refractivity contribution in [3.63, 3.8) is 0 Å². The Morgan fingerprint density at radius 2 is 2.08 bits per heavy atom. The van der Waals surface area contributed by atoms with Gasteiger partial charge in [0.25, 0.3) is 0 Å². The molecule has 13 heavy (non-hydrogen) atoms. The molecule has 0 saturated heterocycles. The number of halogens is 1. The van der Waals surface area contributed by atoms with E-state index in [9.17, 15) is 4.79 Å². The van der Waals surface area contributed by atoms with Crippen molar-refractivity contribution in [3.05, 3.63) is 18.9 Å². The van der Waals surface area contributed by atoms with E-state index in [-0.39, 0.29) is 5.78 Å². The monoisotopic (exact) mass is 306 g/mol. The van der Waals surface area contributed by atoms with Crippen molar-refractivity contribution in [2.75, 3.05) is 0 Å². The van der Waals surface area contributed by atoms with E-state index in [0.717, 1.165) is 12.0 Å². The van der Waals surface area contributed by atoms with Gasteiger partial charge in [0.2, 0.25) is 0 Å². The molecule has 0 bridgehead atoms. The fourth-order valence-electron chi connectivity index (χ4n) is 1.88. The molecule has 0 N–H and O–H groups in total. The Bertz CT molecular complexity index is 354. The number of hydrogen-bond acceptors (Lipinski definition) is 2. The fraction of sp³-hybridized carbons (Fsp3) is 0.500. The van der Waals surface area contributed by atoms with Crippen molar-refractivity contribution in [1.29, 1.82) is 0 Å². The number of carbonyl (C=O) groups excluding carboxylic acids is 1. The molecule has 2 rings (SSSR count). The Kier molecular flexibility index (Phi) is 2.74. The average molecular weight is 306 g/mol. The van der Waals surface area contributed by atoms with Crippen LogP contribution in [0.5, 0.6) is 0 Å². The second-order valence-electron chi connectivity index (χ2n) is 3.42. The van der Waals surface area contributed by atoms with Crippen LogP contribution in [0.4, 0.5) is 0 Å². The maximum atomic E-state index is 11.4. The Morgan fingerprint density at radius 3 is 2.77 bits per heavy atom. The van der Waals surface area contributed by atoms with Gasteiger partial charge in [-0.2, -0.15) is 0 Å². The van der Waals surface area contributed by atoms with Crippen LogP contribution in [-0.4, -0.2) is 5.78 Å². The first-order valence-corrected chi connectivity index (χ1v) is 6.40. The van der Waals surface area contributed by atoms with E-state index in [4.69, 9.17) is 0 Å². The van der Waals surface area contributed by atoms with Gasteiger partial charge in [0.15, 0.2) is 5.78 Å². The van der Waals surface area contributed by atoms with Crippen molar-refractivity contribution in [3.8, 4) is 0 Å². The molecule has 0 spiro atoms. The molecule has 1 aromatic rings. The molecule has 0 atom stereocenters. The first kappa shape index (κ1) is 9.65. The summed E-state index contributed by atoms with van der Waals surface area (Å²) in [6, 6.07) is 0. The van der Waals surface area contributed by atoms with Gasteiger partial charge in [0.1, 0.15) is 0 Å². The summed E-state index contributed by atoms with van der Waals surface area (Å²) in [7, 11) is 0. The average Bonchev–Trinajstić information content (AvgIpc) is 2.39. The predicted molar refractivity (Wildman–Crippen MR) is 63.7 cm³/mol. The number of thiophene rings is 1. The van der Waals surface area contributed by atoms with Crippen LogP contribution in [-0.2, 0) is 12.8 Å². The lowest BCUT2D eigenvalue weighted by atomic mass is 9.95. The minimum absolute atomic E-state index is 0.240. The number of fused-ring (bicyclic) bond motifs is 1. The van der Waals surface area contributed by atoms with E-state index in [2.05, 4.69) is 22.6 Å². The summed E-state index contributed by atoms with van der Waals surface area (Å²) in [4.78, 5) is 12.9. The van der Waals surface area contributed by atoms with Gasteiger partial charge in [-0.1, -0.05) is 0 Å². The van der Waals surface area contributed by atoms with Crippen molar-refractivity contribution in [2.45, 2.75) is 32.6 Å².